The van der Waals surface area contributed by atoms with Crippen LogP contribution in [0, 0.1) is 5.92 Å². The smallest absolute Gasteiger partial charge is 0.331 e. The average molecular weight is 276 g/mol. The van der Waals surface area contributed by atoms with Crippen LogP contribution in [0.5, 0.6) is 0 Å². The lowest BCUT2D eigenvalue weighted by Crippen LogP contribution is -2.51. The lowest BCUT2D eigenvalue weighted by atomic mass is 9.91. The summed E-state index contributed by atoms with van der Waals surface area (Å²) in [6.07, 6.45) is 0.663. The molecule has 1 heterocycles. The molecule has 1 aliphatic heterocycles. The largest absolute Gasteiger partial charge is 0.479 e. The highest BCUT2D eigenvalue weighted by molar-refractivity contribution is 5.88. The third-order valence-electron chi connectivity index (χ3n) is 3.80. The predicted octanol–water partition coefficient (Wildman–Crippen LogP) is 1.18. The second kappa shape index (κ2) is 5.63. The number of carboxylic acids is 1. The first-order chi connectivity index (χ1) is 9.43. The van der Waals surface area contributed by atoms with Gasteiger partial charge in [-0.3, -0.25) is 4.79 Å². The van der Waals surface area contributed by atoms with Gasteiger partial charge in [0.15, 0.2) is 6.04 Å². The van der Waals surface area contributed by atoms with E-state index in [1.807, 2.05) is 26.0 Å². The normalized spacial score (nSPS) is 19.6. The Morgan fingerprint density at radius 2 is 2.00 bits per heavy atom. The van der Waals surface area contributed by atoms with Gasteiger partial charge in [-0.25, -0.2) is 4.79 Å². The van der Waals surface area contributed by atoms with Crippen LogP contribution in [0.25, 0.3) is 0 Å². The summed E-state index contributed by atoms with van der Waals surface area (Å²) < 4.78 is 0. The van der Waals surface area contributed by atoms with Crippen LogP contribution >= 0.6 is 0 Å². The van der Waals surface area contributed by atoms with Crippen LogP contribution in [0.15, 0.2) is 24.3 Å². The molecule has 0 aliphatic carbocycles. The van der Waals surface area contributed by atoms with Crippen molar-refractivity contribution in [2.45, 2.75) is 32.4 Å². The summed E-state index contributed by atoms with van der Waals surface area (Å²) in [7, 11) is 0. The van der Waals surface area contributed by atoms with Gasteiger partial charge in [0, 0.05) is 6.54 Å². The van der Waals surface area contributed by atoms with Crippen LogP contribution < -0.4 is 5.73 Å². The van der Waals surface area contributed by atoms with Gasteiger partial charge >= 0.3 is 5.97 Å². The quantitative estimate of drug-likeness (QED) is 0.868. The van der Waals surface area contributed by atoms with Crippen molar-refractivity contribution < 1.29 is 14.7 Å². The molecule has 5 heteroatoms. The highest BCUT2D eigenvalue weighted by atomic mass is 16.4. The van der Waals surface area contributed by atoms with Gasteiger partial charge in [0.05, 0.1) is 6.04 Å². The molecule has 1 amide bonds. The Morgan fingerprint density at radius 3 is 2.60 bits per heavy atom. The van der Waals surface area contributed by atoms with Gasteiger partial charge in [-0.15, -0.1) is 0 Å². The van der Waals surface area contributed by atoms with Gasteiger partial charge in [0.2, 0.25) is 5.91 Å². The van der Waals surface area contributed by atoms with E-state index in [2.05, 4.69) is 0 Å². The third kappa shape index (κ3) is 2.54. The monoisotopic (exact) mass is 276 g/mol. The van der Waals surface area contributed by atoms with E-state index in [9.17, 15) is 14.7 Å². The number of carboxylic acid groups (broad SMARTS) is 1. The van der Waals surface area contributed by atoms with Gasteiger partial charge < -0.3 is 15.7 Å². The molecule has 20 heavy (non-hydrogen) atoms. The zero-order chi connectivity index (χ0) is 14.9. The number of carbonyl (C=O) groups excluding carboxylic acids is 1. The number of nitrogens with two attached hydrogens (primary N) is 1. The Bertz CT molecular complexity index is 528. The van der Waals surface area contributed by atoms with E-state index in [1.54, 1.807) is 12.1 Å². The lowest BCUT2D eigenvalue weighted by Gasteiger charge is -2.36. The number of nitrogens with zero attached hydrogens (tertiary/aromatic N) is 1. The van der Waals surface area contributed by atoms with Crippen molar-refractivity contribution in [1.82, 2.24) is 4.90 Å². The topological polar surface area (TPSA) is 83.6 Å². The Balaban J connectivity index is 2.36. The Hall–Kier alpha value is -1.88. The van der Waals surface area contributed by atoms with Crippen LogP contribution in [0.4, 0.5) is 0 Å². The fourth-order valence-corrected chi connectivity index (χ4v) is 2.55. The van der Waals surface area contributed by atoms with Crippen molar-refractivity contribution in [2.24, 2.45) is 11.7 Å². The number of rotatable bonds is 3. The van der Waals surface area contributed by atoms with E-state index in [0.29, 0.717) is 18.5 Å². The Morgan fingerprint density at radius 1 is 1.35 bits per heavy atom. The first-order valence-corrected chi connectivity index (χ1v) is 6.80. The lowest BCUT2D eigenvalue weighted by molar-refractivity contribution is -0.152. The molecule has 2 atom stereocenters. The summed E-state index contributed by atoms with van der Waals surface area (Å²) >= 11 is 0. The van der Waals surface area contributed by atoms with Crippen LogP contribution in [-0.2, 0) is 16.0 Å². The van der Waals surface area contributed by atoms with Crippen molar-refractivity contribution in [3.05, 3.63) is 35.4 Å². The van der Waals surface area contributed by atoms with Crippen molar-refractivity contribution in [3.63, 3.8) is 0 Å². The molecule has 0 fully saturated rings. The molecule has 0 radical (unpaired) electrons. The van der Waals surface area contributed by atoms with Crippen LogP contribution in [0.2, 0.25) is 0 Å². The average Bonchev–Trinajstić information content (AvgIpc) is 2.44. The van der Waals surface area contributed by atoms with Crippen LogP contribution in [0.3, 0.4) is 0 Å². The second-order valence-corrected chi connectivity index (χ2v) is 5.49. The summed E-state index contributed by atoms with van der Waals surface area (Å²) in [5.74, 6) is -1.32. The number of aliphatic carboxylic acids is 1. The van der Waals surface area contributed by atoms with Gasteiger partial charge in [-0.2, -0.15) is 0 Å². The molecule has 0 bridgehead atoms. The minimum Gasteiger partial charge on any atom is -0.479 e. The summed E-state index contributed by atoms with van der Waals surface area (Å²) in [5, 5.41) is 9.49. The maximum Gasteiger partial charge on any atom is 0.331 e. The molecule has 1 aliphatic rings. The molecular formula is C15H20N2O3. The number of hydrogen-bond donors (Lipinski definition) is 2. The third-order valence-corrected chi connectivity index (χ3v) is 3.80. The summed E-state index contributed by atoms with van der Waals surface area (Å²) in [4.78, 5) is 25.4. The number of fused-ring (bicyclic) bond motifs is 1. The molecule has 1 aromatic carbocycles. The second-order valence-electron chi connectivity index (χ2n) is 5.49. The summed E-state index contributed by atoms with van der Waals surface area (Å²) in [6.45, 7) is 4.11. The molecule has 1 aromatic rings. The minimum atomic E-state index is -1.01. The highest BCUT2D eigenvalue weighted by Gasteiger charge is 2.37. The summed E-state index contributed by atoms with van der Waals surface area (Å²) in [6, 6.07) is 5.77. The fourth-order valence-electron chi connectivity index (χ4n) is 2.55. The Kier molecular flexibility index (Phi) is 4.09. The molecule has 108 valence electrons. The number of amides is 1. The zero-order valence-electron chi connectivity index (χ0n) is 11.7. The van der Waals surface area contributed by atoms with E-state index in [-0.39, 0.29) is 11.8 Å². The number of hydrogen-bond acceptors (Lipinski definition) is 3. The van der Waals surface area contributed by atoms with E-state index in [1.165, 1.54) is 4.90 Å². The van der Waals surface area contributed by atoms with Crippen LogP contribution in [-0.4, -0.2) is 34.5 Å². The van der Waals surface area contributed by atoms with E-state index >= 15 is 0 Å². The summed E-state index contributed by atoms with van der Waals surface area (Å²) in [5.41, 5.74) is 7.57. The van der Waals surface area contributed by atoms with E-state index in [0.717, 1.165) is 5.56 Å². The Labute approximate surface area is 118 Å². The maximum atomic E-state index is 12.4. The molecule has 0 aromatic heterocycles. The van der Waals surface area contributed by atoms with Gasteiger partial charge in [-0.1, -0.05) is 38.1 Å². The molecule has 3 N–H and O–H groups in total. The first kappa shape index (κ1) is 14.5. The van der Waals surface area contributed by atoms with Gasteiger partial charge in [-0.05, 0) is 23.5 Å². The maximum absolute atomic E-state index is 12.4. The van der Waals surface area contributed by atoms with Crippen molar-refractivity contribution in [3.8, 4) is 0 Å². The predicted molar refractivity (Wildman–Crippen MR) is 75.0 cm³/mol. The molecule has 1 unspecified atom stereocenters. The van der Waals surface area contributed by atoms with E-state index < -0.39 is 18.1 Å². The van der Waals surface area contributed by atoms with Crippen molar-refractivity contribution >= 4 is 11.9 Å². The number of carbonyl (C=O) groups is 2. The van der Waals surface area contributed by atoms with Gasteiger partial charge in [0.1, 0.15) is 0 Å². The molecule has 0 saturated heterocycles. The van der Waals surface area contributed by atoms with Gasteiger partial charge in [0.25, 0.3) is 0 Å². The SMILES string of the molecule is CC(C)[C@H](N)C(=O)N1CCc2ccccc2C1C(=O)O. The fraction of sp³-hybridized carbons (Fsp3) is 0.467. The molecule has 5 nitrogen and oxygen atoms in total. The first-order valence-electron chi connectivity index (χ1n) is 6.80. The van der Waals surface area contributed by atoms with Crippen molar-refractivity contribution in [2.75, 3.05) is 6.54 Å². The molecule has 0 spiro atoms. The van der Waals surface area contributed by atoms with Crippen molar-refractivity contribution in [1.29, 1.82) is 0 Å². The molecular weight excluding hydrogens is 256 g/mol. The molecule has 2 rings (SSSR count). The highest BCUT2D eigenvalue weighted by Crippen LogP contribution is 2.30. The number of benzene rings is 1. The minimum absolute atomic E-state index is 0.0193. The molecule has 0 saturated carbocycles. The van der Waals surface area contributed by atoms with Crippen LogP contribution in [0.1, 0.15) is 31.0 Å². The van der Waals surface area contributed by atoms with E-state index in [4.69, 9.17) is 5.73 Å². The standard InChI is InChI=1S/C15H20N2O3/c1-9(2)12(16)14(18)17-8-7-10-5-3-4-6-11(10)13(17)15(19)20/h3-6,9,12-13H,7-8,16H2,1-2H3,(H,19,20)/t12-,13?/m0/s1. The zero-order valence-corrected chi connectivity index (χ0v) is 11.7.